The van der Waals surface area contributed by atoms with E-state index in [-0.39, 0.29) is 43.5 Å². The minimum Gasteiger partial charge on any atom is -0.466 e. The van der Waals surface area contributed by atoms with Crippen LogP contribution in [0, 0.1) is 23.7 Å². The van der Waals surface area contributed by atoms with E-state index in [0.29, 0.717) is 12.1 Å². The predicted molar refractivity (Wildman–Crippen MR) is 140 cm³/mol. The zero-order chi connectivity index (χ0) is 26.2. The maximum absolute atomic E-state index is 13.7. The molecule has 1 heterocycles. The molecule has 0 unspecified atom stereocenters. The highest BCUT2D eigenvalue weighted by atomic mass is 16.5. The van der Waals surface area contributed by atoms with Gasteiger partial charge >= 0.3 is 5.97 Å². The molecule has 0 spiro atoms. The van der Waals surface area contributed by atoms with E-state index in [1.807, 2.05) is 43.3 Å². The molecular weight excluding hydrogens is 458 g/mol. The van der Waals surface area contributed by atoms with Gasteiger partial charge in [-0.1, -0.05) is 25.5 Å². The van der Waals surface area contributed by atoms with Crippen LogP contribution in [0.1, 0.15) is 47.0 Å². The molecule has 0 radical (unpaired) electrons. The fraction of sp³-hybridized carbons (Fsp3) is 0.607. The van der Waals surface area contributed by atoms with Crippen LogP contribution in [-0.4, -0.2) is 66.7 Å². The first-order chi connectivity index (χ1) is 17.4. The second-order valence-corrected chi connectivity index (χ2v) is 9.48. The number of hydrogen-bond acceptors (Lipinski definition) is 6. The van der Waals surface area contributed by atoms with Gasteiger partial charge in [-0.2, -0.15) is 0 Å². The van der Waals surface area contributed by atoms with Crippen molar-refractivity contribution in [3.8, 4) is 0 Å². The van der Waals surface area contributed by atoms with E-state index >= 15 is 0 Å². The van der Waals surface area contributed by atoms with Crippen molar-refractivity contribution in [1.29, 1.82) is 0 Å². The number of allylic oxidation sites excluding steroid dienone is 1. The first-order valence-corrected chi connectivity index (χ1v) is 13.3. The molecule has 3 rings (SSSR count). The summed E-state index contributed by atoms with van der Waals surface area (Å²) in [6.07, 6.45) is 5.94. The molecule has 1 fully saturated rings. The Hall–Kier alpha value is -2.87. The highest BCUT2D eigenvalue weighted by Gasteiger charge is 2.57. The smallest absolute Gasteiger partial charge is 0.310 e. The summed E-state index contributed by atoms with van der Waals surface area (Å²) in [5.74, 6) is -2.68. The first-order valence-electron chi connectivity index (χ1n) is 13.3. The third kappa shape index (κ3) is 5.75. The Kier molecular flexibility index (Phi) is 9.93. The number of fused-ring (bicyclic) bond motifs is 1. The van der Waals surface area contributed by atoms with Crippen molar-refractivity contribution in [2.45, 2.75) is 53.0 Å². The van der Waals surface area contributed by atoms with Gasteiger partial charge in [0.2, 0.25) is 11.8 Å². The Balaban J connectivity index is 1.90. The summed E-state index contributed by atoms with van der Waals surface area (Å²) in [5, 5.41) is 12.4. The Morgan fingerprint density at radius 1 is 1.08 bits per heavy atom. The minimum atomic E-state index is -0.757. The van der Waals surface area contributed by atoms with Crippen LogP contribution >= 0.6 is 0 Å². The number of anilines is 2. The number of amides is 2. The maximum Gasteiger partial charge on any atom is 0.310 e. The summed E-state index contributed by atoms with van der Waals surface area (Å²) in [4.78, 5) is 44.1. The molecule has 36 heavy (non-hydrogen) atoms. The summed E-state index contributed by atoms with van der Waals surface area (Å²) in [7, 11) is 0. The van der Waals surface area contributed by atoms with E-state index in [9.17, 15) is 19.5 Å². The monoisotopic (exact) mass is 499 g/mol. The number of ether oxygens (including phenoxy) is 1. The Bertz CT molecular complexity index is 928. The van der Waals surface area contributed by atoms with Crippen molar-refractivity contribution in [1.82, 2.24) is 4.90 Å². The van der Waals surface area contributed by atoms with Gasteiger partial charge in [0.15, 0.2) is 0 Å². The highest BCUT2D eigenvalue weighted by molar-refractivity contribution is 6.01. The van der Waals surface area contributed by atoms with Crippen LogP contribution in [0.3, 0.4) is 0 Å². The van der Waals surface area contributed by atoms with Gasteiger partial charge in [-0.25, -0.2) is 0 Å². The number of rotatable bonds is 12. The van der Waals surface area contributed by atoms with Gasteiger partial charge in [-0.3, -0.25) is 14.4 Å². The summed E-state index contributed by atoms with van der Waals surface area (Å²) in [6, 6.07) is 6.93. The molecule has 1 aromatic carbocycles. The van der Waals surface area contributed by atoms with Crippen molar-refractivity contribution in [3.05, 3.63) is 36.4 Å². The van der Waals surface area contributed by atoms with E-state index in [1.165, 1.54) is 0 Å². The average molecular weight is 500 g/mol. The lowest BCUT2D eigenvalue weighted by Crippen LogP contribution is -2.44. The molecule has 1 saturated heterocycles. The molecule has 8 nitrogen and oxygen atoms in total. The van der Waals surface area contributed by atoms with Gasteiger partial charge in [-0.15, -0.1) is 0 Å². The topological polar surface area (TPSA) is 99.2 Å². The molecule has 2 N–H and O–H groups in total. The van der Waals surface area contributed by atoms with E-state index in [0.717, 1.165) is 31.6 Å². The quantitative estimate of drug-likeness (QED) is 0.338. The lowest BCUT2D eigenvalue weighted by Gasteiger charge is -2.33. The van der Waals surface area contributed by atoms with Crippen molar-refractivity contribution < 1.29 is 24.2 Å². The van der Waals surface area contributed by atoms with Gasteiger partial charge in [-0.05, 0) is 63.8 Å². The van der Waals surface area contributed by atoms with Crippen LogP contribution in [0.25, 0.3) is 0 Å². The van der Waals surface area contributed by atoms with Crippen LogP contribution in [-0.2, 0) is 19.1 Å². The van der Waals surface area contributed by atoms with Crippen molar-refractivity contribution >= 4 is 29.2 Å². The molecule has 2 aliphatic rings. The fourth-order valence-corrected chi connectivity index (χ4v) is 5.71. The number of carbonyl (C=O) groups excluding carboxylic acids is 3. The number of carbonyl (C=O) groups is 3. The van der Waals surface area contributed by atoms with Gasteiger partial charge in [0.1, 0.15) is 6.04 Å². The third-order valence-corrected chi connectivity index (χ3v) is 7.38. The highest BCUT2D eigenvalue weighted by Crippen LogP contribution is 2.45. The van der Waals surface area contributed by atoms with Crippen LogP contribution in [0.5, 0.6) is 0 Å². The molecule has 198 valence electrons. The zero-order valence-electron chi connectivity index (χ0n) is 22.0. The molecule has 0 saturated carbocycles. The Labute approximate surface area is 214 Å². The molecule has 1 aliphatic carbocycles. The van der Waals surface area contributed by atoms with Gasteiger partial charge in [0.25, 0.3) is 0 Å². The minimum absolute atomic E-state index is 0.0874. The Morgan fingerprint density at radius 3 is 2.36 bits per heavy atom. The van der Waals surface area contributed by atoms with E-state index < -0.39 is 23.8 Å². The van der Waals surface area contributed by atoms with Gasteiger partial charge < -0.3 is 25.0 Å². The number of likely N-dealkylation sites (tertiary alicyclic amines) is 1. The van der Waals surface area contributed by atoms with Crippen LogP contribution in [0.4, 0.5) is 11.4 Å². The maximum atomic E-state index is 13.7. The number of aliphatic hydroxyl groups excluding tert-OH is 1. The lowest BCUT2D eigenvalue weighted by atomic mass is 9.69. The molecule has 2 amide bonds. The standard InChI is InChI=1S/C28H41N3O5/c1-5-10-19-11-16-22-24(23(19)28(35)36-8-4)27(34)31(17-9-18-32)25(22)26(33)29-20-12-14-21(15-13-20)30(6-2)7-3/h11-16,19,22-25,32H,5-10,17-18H2,1-4H3,(H,29,33)/t19-,22+,23-,24+,25+/m1/s1. The van der Waals surface area contributed by atoms with Gasteiger partial charge in [0.05, 0.1) is 18.4 Å². The summed E-state index contributed by atoms with van der Waals surface area (Å²) in [6.45, 7) is 10.2. The summed E-state index contributed by atoms with van der Waals surface area (Å²) >= 11 is 0. The van der Waals surface area contributed by atoms with E-state index in [2.05, 4.69) is 24.1 Å². The number of benzene rings is 1. The molecule has 0 aromatic heterocycles. The summed E-state index contributed by atoms with van der Waals surface area (Å²) < 4.78 is 5.38. The molecule has 0 bridgehead atoms. The number of nitrogens with one attached hydrogen (secondary N) is 1. The number of aliphatic hydroxyl groups is 1. The SMILES string of the molecule is CCC[C@@H]1C=C[C@H]2[C@H](C(=O)N(CCCO)[C@@H]2C(=O)Nc2ccc(N(CC)CC)cc2)[C@@H]1C(=O)OCC. The van der Waals surface area contributed by atoms with E-state index in [4.69, 9.17) is 4.74 Å². The molecule has 5 atom stereocenters. The normalized spacial score (nSPS) is 25.0. The second kappa shape index (κ2) is 12.9. The molecule has 1 aliphatic heterocycles. The Morgan fingerprint density at radius 2 is 1.78 bits per heavy atom. The molecule has 8 heteroatoms. The fourth-order valence-electron chi connectivity index (χ4n) is 5.71. The van der Waals surface area contributed by atoms with Crippen LogP contribution < -0.4 is 10.2 Å². The summed E-state index contributed by atoms with van der Waals surface area (Å²) in [5.41, 5.74) is 1.73. The number of hydrogen-bond donors (Lipinski definition) is 2. The van der Waals surface area contributed by atoms with Crippen molar-refractivity contribution in [2.24, 2.45) is 23.7 Å². The number of nitrogens with zero attached hydrogens (tertiary/aromatic N) is 2. The lowest BCUT2D eigenvalue weighted by molar-refractivity contribution is -0.155. The van der Waals surface area contributed by atoms with E-state index in [1.54, 1.807) is 11.8 Å². The molecule has 1 aromatic rings. The largest absolute Gasteiger partial charge is 0.466 e. The second-order valence-electron chi connectivity index (χ2n) is 9.48. The van der Waals surface area contributed by atoms with Crippen molar-refractivity contribution in [3.63, 3.8) is 0 Å². The molecular formula is C28H41N3O5. The van der Waals surface area contributed by atoms with Crippen molar-refractivity contribution in [2.75, 3.05) is 43.1 Å². The average Bonchev–Trinajstić information content (AvgIpc) is 3.16. The third-order valence-electron chi connectivity index (χ3n) is 7.38. The van der Waals surface area contributed by atoms with Crippen LogP contribution in [0.15, 0.2) is 36.4 Å². The first kappa shape index (κ1) is 27.7. The van der Waals surface area contributed by atoms with Crippen LogP contribution in [0.2, 0.25) is 0 Å². The van der Waals surface area contributed by atoms with Gasteiger partial charge in [0, 0.05) is 43.5 Å². The number of esters is 1. The predicted octanol–water partition coefficient (Wildman–Crippen LogP) is 3.46. The zero-order valence-corrected chi connectivity index (χ0v) is 22.0.